The Morgan fingerprint density at radius 3 is 2.74 bits per heavy atom. The first-order chi connectivity index (χ1) is 16.4. The topological polar surface area (TPSA) is 92.3 Å². The highest BCUT2D eigenvalue weighted by Crippen LogP contribution is 2.47. The Bertz CT molecular complexity index is 1130. The molecular weight excluding hydrogens is 480 g/mol. The molecule has 3 amide bonds. The number of thiazole rings is 1. The first-order valence-corrected chi connectivity index (χ1v) is 12.3. The van der Waals surface area contributed by atoms with Gasteiger partial charge in [-0.1, -0.05) is 11.6 Å². The van der Waals surface area contributed by atoms with Gasteiger partial charge in [-0.3, -0.25) is 9.59 Å². The van der Waals surface area contributed by atoms with Gasteiger partial charge in [0.2, 0.25) is 5.91 Å². The Balaban J connectivity index is 1.34. The number of benzene rings is 1. The molecule has 2 saturated heterocycles. The smallest absolute Gasteiger partial charge is 0.409 e. The van der Waals surface area contributed by atoms with Crippen LogP contribution in [0.2, 0.25) is 5.02 Å². The van der Waals surface area contributed by atoms with Crippen molar-refractivity contribution >= 4 is 46.5 Å². The van der Waals surface area contributed by atoms with Gasteiger partial charge in [0.05, 0.1) is 32.9 Å². The Morgan fingerprint density at radius 2 is 1.97 bits per heavy atom. The lowest BCUT2D eigenvalue weighted by molar-refractivity contribution is -0.118. The van der Waals surface area contributed by atoms with E-state index in [1.54, 1.807) is 27.0 Å². The second-order valence-corrected chi connectivity index (χ2v) is 10.3. The summed E-state index contributed by atoms with van der Waals surface area (Å²) in [7, 11) is 1.37. The van der Waals surface area contributed by atoms with Crippen LogP contribution in [-0.2, 0) is 26.1 Å². The number of aromatic nitrogens is 1. The lowest BCUT2D eigenvalue weighted by Crippen LogP contribution is -2.40. The number of fused-ring (bicyclic) bond motifs is 2. The molecule has 1 atom stereocenters. The third-order valence-corrected chi connectivity index (χ3v) is 7.95. The van der Waals surface area contributed by atoms with Gasteiger partial charge in [0.25, 0.3) is 5.91 Å². The van der Waals surface area contributed by atoms with E-state index in [0.29, 0.717) is 67.3 Å². The van der Waals surface area contributed by atoms with Gasteiger partial charge < -0.3 is 24.2 Å². The number of carbonyl (C=O) groups excluding carboxylic acids is 3. The van der Waals surface area contributed by atoms with Crippen LogP contribution >= 0.6 is 22.9 Å². The maximum absolute atomic E-state index is 13.4. The molecule has 2 fully saturated rings. The number of nitrogens with zero attached hydrogens (tertiary/aromatic N) is 4. The summed E-state index contributed by atoms with van der Waals surface area (Å²) in [6.07, 6.45) is 2.00. The number of hydrogen-bond acceptors (Lipinski definition) is 7. The van der Waals surface area contributed by atoms with Crippen molar-refractivity contribution in [2.45, 2.75) is 18.3 Å². The van der Waals surface area contributed by atoms with Gasteiger partial charge >= 0.3 is 6.09 Å². The standard InChI is InChI=1S/C23H25ClN4O5S/c1-32-22(31)27-5-4-23(13-27)14-28(17-3-2-15(24)10-16(17)23)20(29)11-19-25-12-18(34-19)21(30)26-6-8-33-9-7-26/h2-3,10,12H,4-9,11,13-14H2,1H3. The fourth-order valence-corrected chi connectivity index (χ4v) is 6.06. The van der Waals surface area contributed by atoms with Crippen molar-refractivity contribution in [1.82, 2.24) is 14.8 Å². The van der Waals surface area contributed by atoms with Crippen molar-refractivity contribution in [1.29, 1.82) is 0 Å². The SMILES string of the molecule is COC(=O)N1CCC2(C1)CN(C(=O)Cc1ncc(C(=O)N3CCOCC3)s1)c1ccc(Cl)cc12. The van der Waals surface area contributed by atoms with E-state index in [9.17, 15) is 14.4 Å². The number of halogens is 1. The van der Waals surface area contributed by atoms with Crippen molar-refractivity contribution < 1.29 is 23.9 Å². The summed E-state index contributed by atoms with van der Waals surface area (Å²) in [6, 6.07) is 5.53. The lowest BCUT2D eigenvalue weighted by atomic mass is 9.81. The van der Waals surface area contributed by atoms with E-state index in [1.165, 1.54) is 18.4 Å². The number of anilines is 1. The van der Waals surface area contributed by atoms with Crippen LogP contribution < -0.4 is 4.90 Å². The van der Waals surface area contributed by atoms with Crippen molar-refractivity contribution in [2.24, 2.45) is 0 Å². The molecule has 0 bridgehead atoms. The molecule has 3 aliphatic heterocycles. The van der Waals surface area contributed by atoms with E-state index in [0.717, 1.165) is 11.3 Å². The number of hydrogen-bond donors (Lipinski definition) is 0. The molecule has 9 nitrogen and oxygen atoms in total. The molecule has 5 rings (SSSR count). The van der Waals surface area contributed by atoms with Gasteiger partial charge in [0.15, 0.2) is 0 Å². The molecule has 0 aliphatic carbocycles. The van der Waals surface area contributed by atoms with E-state index in [2.05, 4.69) is 4.98 Å². The molecule has 0 N–H and O–H groups in total. The van der Waals surface area contributed by atoms with E-state index in [1.807, 2.05) is 12.1 Å². The van der Waals surface area contributed by atoms with Gasteiger partial charge in [-0.2, -0.15) is 0 Å². The monoisotopic (exact) mass is 504 g/mol. The van der Waals surface area contributed by atoms with Crippen LogP contribution in [0, 0.1) is 0 Å². The van der Waals surface area contributed by atoms with E-state index in [4.69, 9.17) is 21.1 Å². The summed E-state index contributed by atoms with van der Waals surface area (Å²) in [5, 5.41) is 1.19. The molecule has 0 radical (unpaired) electrons. The zero-order chi connectivity index (χ0) is 23.9. The number of ether oxygens (including phenoxy) is 2. The van der Waals surface area contributed by atoms with Crippen LogP contribution in [-0.4, -0.2) is 85.7 Å². The lowest BCUT2D eigenvalue weighted by Gasteiger charge is -2.26. The predicted molar refractivity (Wildman–Crippen MR) is 127 cm³/mol. The maximum Gasteiger partial charge on any atom is 0.409 e. The van der Waals surface area contributed by atoms with E-state index < -0.39 is 0 Å². The van der Waals surface area contributed by atoms with E-state index >= 15 is 0 Å². The zero-order valence-corrected chi connectivity index (χ0v) is 20.4. The second kappa shape index (κ2) is 9.16. The summed E-state index contributed by atoms with van der Waals surface area (Å²) in [4.78, 5) is 48.3. The zero-order valence-electron chi connectivity index (χ0n) is 18.8. The summed E-state index contributed by atoms with van der Waals surface area (Å²) in [5.74, 6) is -0.176. The normalized spacial score (nSPS) is 21.8. The highest BCUT2D eigenvalue weighted by molar-refractivity contribution is 7.13. The summed E-state index contributed by atoms with van der Waals surface area (Å²) >= 11 is 7.56. The first-order valence-electron chi connectivity index (χ1n) is 11.2. The summed E-state index contributed by atoms with van der Waals surface area (Å²) < 4.78 is 10.2. The quantitative estimate of drug-likeness (QED) is 0.638. The first kappa shape index (κ1) is 23.1. The Kier molecular flexibility index (Phi) is 6.22. The third-order valence-electron chi connectivity index (χ3n) is 6.73. The minimum absolute atomic E-state index is 0.0755. The van der Waals surface area contributed by atoms with Gasteiger partial charge in [-0.15, -0.1) is 11.3 Å². The van der Waals surface area contributed by atoms with Gasteiger partial charge in [-0.05, 0) is 30.2 Å². The average molecular weight is 505 g/mol. The molecule has 1 spiro atoms. The second-order valence-electron chi connectivity index (χ2n) is 8.76. The van der Waals surface area contributed by atoms with Crippen LogP contribution in [0.4, 0.5) is 10.5 Å². The molecule has 11 heteroatoms. The van der Waals surface area contributed by atoms with Crippen molar-refractivity contribution in [2.75, 3.05) is 57.9 Å². The number of methoxy groups -OCH3 is 1. The van der Waals surface area contributed by atoms with Gasteiger partial charge in [-0.25, -0.2) is 9.78 Å². The van der Waals surface area contributed by atoms with Crippen LogP contribution in [0.1, 0.15) is 26.7 Å². The highest BCUT2D eigenvalue weighted by Gasteiger charge is 2.50. The molecular formula is C23H25ClN4O5S. The molecule has 1 unspecified atom stereocenters. The predicted octanol–water partition coefficient (Wildman–Crippen LogP) is 2.57. The number of amides is 3. The van der Waals surface area contributed by atoms with Crippen LogP contribution in [0.15, 0.2) is 24.4 Å². The minimum atomic E-state index is -0.385. The molecule has 3 aliphatic rings. The van der Waals surface area contributed by atoms with Crippen LogP contribution in [0.3, 0.4) is 0 Å². The Morgan fingerprint density at radius 1 is 1.18 bits per heavy atom. The number of morpholine rings is 1. The fraction of sp³-hybridized carbons (Fsp3) is 0.478. The minimum Gasteiger partial charge on any atom is -0.453 e. The number of likely N-dealkylation sites (tertiary alicyclic amines) is 1. The molecule has 4 heterocycles. The summed E-state index contributed by atoms with van der Waals surface area (Å²) in [6.45, 7) is 3.66. The largest absolute Gasteiger partial charge is 0.453 e. The van der Waals surface area contributed by atoms with Crippen LogP contribution in [0.25, 0.3) is 0 Å². The van der Waals surface area contributed by atoms with E-state index in [-0.39, 0.29) is 29.7 Å². The van der Waals surface area contributed by atoms with Gasteiger partial charge in [0.1, 0.15) is 9.88 Å². The highest BCUT2D eigenvalue weighted by atomic mass is 35.5. The molecule has 34 heavy (non-hydrogen) atoms. The van der Waals surface area contributed by atoms with Gasteiger partial charge in [0, 0.05) is 48.8 Å². The molecule has 1 aromatic carbocycles. The third kappa shape index (κ3) is 4.14. The average Bonchev–Trinajstić information content (AvgIpc) is 3.57. The number of rotatable bonds is 3. The van der Waals surface area contributed by atoms with Crippen molar-refractivity contribution in [3.05, 3.63) is 44.9 Å². The van der Waals surface area contributed by atoms with Crippen molar-refractivity contribution in [3.63, 3.8) is 0 Å². The molecule has 2 aromatic rings. The Hall–Kier alpha value is -2.69. The fourth-order valence-electron chi connectivity index (χ4n) is 5.01. The molecule has 1 aromatic heterocycles. The number of carbonyl (C=O) groups is 3. The Labute approximate surface area is 206 Å². The summed E-state index contributed by atoms with van der Waals surface area (Å²) in [5.41, 5.74) is 1.40. The molecule has 0 saturated carbocycles. The van der Waals surface area contributed by atoms with Crippen molar-refractivity contribution in [3.8, 4) is 0 Å². The van der Waals surface area contributed by atoms with Crippen LogP contribution in [0.5, 0.6) is 0 Å². The maximum atomic E-state index is 13.4. The molecule has 180 valence electrons.